The van der Waals surface area contributed by atoms with Gasteiger partial charge in [0.1, 0.15) is 12.5 Å². The monoisotopic (exact) mass is 632 g/mol. The lowest BCUT2D eigenvalue weighted by Gasteiger charge is -2.22. The van der Waals surface area contributed by atoms with Gasteiger partial charge >= 0.3 is 13.8 Å². The van der Waals surface area contributed by atoms with Gasteiger partial charge in [-0.1, -0.05) is 12.2 Å². The number of likely N-dealkylation sites (N-methyl/N-ethyl adjacent to an activating group) is 1. The van der Waals surface area contributed by atoms with Crippen molar-refractivity contribution in [1.82, 2.24) is 19.3 Å². The molecule has 4 rings (SSSR count). The predicted molar refractivity (Wildman–Crippen MR) is 164 cm³/mol. The molecule has 2 aliphatic rings. The van der Waals surface area contributed by atoms with E-state index in [0.717, 1.165) is 29.4 Å². The maximum atomic E-state index is 13.8. The van der Waals surface area contributed by atoms with E-state index in [0.29, 0.717) is 29.7 Å². The maximum absolute atomic E-state index is 13.8. The van der Waals surface area contributed by atoms with Gasteiger partial charge in [0.05, 0.1) is 18.2 Å². The van der Waals surface area contributed by atoms with Gasteiger partial charge in [-0.3, -0.25) is 9.05 Å². The molecule has 0 radical (unpaired) electrons. The third kappa shape index (κ3) is 9.29. The zero-order valence-corrected chi connectivity index (χ0v) is 26.6. The standard InChI is InChI=1S/C30H41N4O9P/c1-31(2)15-12-23-19-34(28-16-26(38-5)10-11-27(23)28)20-41-44(37,42-21-39-29(35)24-8-6-13-32(3)17-24)43-22-40-30(36)25-9-7-14-33(4)18-25/h6-7,10-11,13-14,16-19,29,35H,8-9,12,15,20-22H2,1-5H3. The topological polar surface area (TPSA) is 124 Å². The van der Waals surface area contributed by atoms with Crippen LogP contribution in [0.2, 0.25) is 0 Å². The molecular weight excluding hydrogens is 591 g/mol. The molecule has 2 unspecified atom stereocenters. The Balaban J connectivity index is 1.47. The third-order valence-corrected chi connectivity index (χ3v) is 8.15. The van der Waals surface area contributed by atoms with Crippen LogP contribution in [0.1, 0.15) is 18.4 Å². The SMILES string of the molecule is COc1ccc2c(CCN(C)C)cn(COP(=O)(OCOC(=O)C3=CN(C)C=CC3)OCOC(O)C3=CN(C)C=CC3)c2c1. The second kappa shape index (κ2) is 15.5. The summed E-state index contributed by atoms with van der Waals surface area (Å²) in [5.74, 6) is 0.0193. The number of nitrogens with zero attached hydrogens (tertiary/aromatic N) is 4. The molecule has 13 nitrogen and oxygen atoms in total. The number of ether oxygens (including phenoxy) is 3. The number of phosphoric ester groups is 1. The Morgan fingerprint density at radius 3 is 2.48 bits per heavy atom. The first kappa shape index (κ1) is 33.5. The number of aliphatic hydroxyl groups excluding tert-OH is 1. The summed E-state index contributed by atoms with van der Waals surface area (Å²) in [6.45, 7) is -0.711. The quantitative estimate of drug-likeness (QED) is 0.163. The molecular formula is C30H41N4O9P. The Labute approximate surface area is 257 Å². The zero-order valence-electron chi connectivity index (χ0n) is 25.7. The van der Waals surface area contributed by atoms with E-state index in [9.17, 15) is 14.5 Å². The number of benzene rings is 1. The molecule has 0 fully saturated rings. The summed E-state index contributed by atoms with van der Waals surface area (Å²) in [7, 11) is 4.81. The van der Waals surface area contributed by atoms with Gasteiger partial charge in [0.15, 0.2) is 13.1 Å². The number of methoxy groups -OCH3 is 1. The molecule has 1 aromatic heterocycles. The highest BCUT2D eigenvalue weighted by Gasteiger charge is 2.30. The minimum atomic E-state index is -4.38. The van der Waals surface area contributed by atoms with Crippen LogP contribution in [0.3, 0.4) is 0 Å². The van der Waals surface area contributed by atoms with Crippen LogP contribution in [0, 0.1) is 0 Å². The molecule has 240 valence electrons. The molecule has 0 saturated carbocycles. The average molecular weight is 633 g/mol. The summed E-state index contributed by atoms with van der Waals surface area (Å²) in [5, 5.41) is 11.5. The molecule has 0 amide bonds. The average Bonchev–Trinajstić information content (AvgIpc) is 3.35. The number of carbonyl (C=O) groups is 1. The molecule has 0 spiro atoms. The molecule has 2 atom stereocenters. The van der Waals surface area contributed by atoms with Crippen molar-refractivity contribution in [2.45, 2.75) is 32.3 Å². The highest BCUT2D eigenvalue weighted by Crippen LogP contribution is 2.50. The highest BCUT2D eigenvalue weighted by atomic mass is 31.2. The van der Waals surface area contributed by atoms with Crippen molar-refractivity contribution in [2.75, 3.05) is 55.4 Å². The fourth-order valence-electron chi connectivity index (χ4n) is 4.57. The molecule has 0 saturated heterocycles. The van der Waals surface area contributed by atoms with Crippen molar-refractivity contribution in [2.24, 2.45) is 0 Å². The maximum Gasteiger partial charge on any atom is 0.481 e. The summed E-state index contributed by atoms with van der Waals surface area (Å²) in [6.07, 6.45) is 13.0. The first-order chi connectivity index (χ1) is 21.1. The van der Waals surface area contributed by atoms with Crippen LogP contribution in [0.15, 0.2) is 72.5 Å². The van der Waals surface area contributed by atoms with Gasteiger partial charge in [-0.15, -0.1) is 0 Å². The molecule has 44 heavy (non-hydrogen) atoms. The van der Waals surface area contributed by atoms with Crippen molar-refractivity contribution < 1.29 is 42.2 Å². The number of esters is 1. The fourth-order valence-corrected chi connectivity index (χ4v) is 5.43. The van der Waals surface area contributed by atoms with Gasteiger partial charge in [-0.05, 0) is 57.0 Å². The number of rotatable bonds is 16. The lowest BCUT2D eigenvalue weighted by molar-refractivity contribution is -0.149. The van der Waals surface area contributed by atoms with E-state index in [1.165, 1.54) is 0 Å². The second-order valence-electron chi connectivity index (χ2n) is 10.6. The smallest absolute Gasteiger partial charge is 0.481 e. The summed E-state index contributed by atoms with van der Waals surface area (Å²) in [5.41, 5.74) is 2.85. The number of phosphoric acid groups is 1. The first-order valence-corrected chi connectivity index (χ1v) is 15.5. The number of hydrogen-bond acceptors (Lipinski definition) is 12. The van der Waals surface area contributed by atoms with Gasteiger partial charge in [-0.2, -0.15) is 0 Å². The van der Waals surface area contributed by atoms with Gasteiger partial charge in [-0.25, -0.2) is 13.9 Å². The molecule has 2 aliphatic heterocycles. The van der Waals surface area contributed by atoms with Crippen LogP contribution in [-0.2, 0) is 45.6 Å². The zero-order chi connectivity index (χ0) is 31.7. The number of allylic oxidation sites excluding steroid dienone is 2. The first-order valence-electron chi connectivity index (χ1n) is 14.1. The Morgan fingerprint density at radius 1 is 1.05 bits per heavy atom. The summed E-state index contributed by atoms with van der Waals surface area (Å²) in [6, 6.07) is 5.71. The van der Waals surface area contributed by atoms with Gasteiger partial charge < -0.3 is 38.6 Å². The molecule has 1 aromatic carbocycles. The molecule has 14 heteroatoms. The van der Waals surface area contributed by atoms with E-state index in [-0.39, 0.29) is 6.73 Å². The number of hydrogen-bond donors (Lipinski definition) is 1. The van der Waals surface area contributed by atoms with Crippen molar-refractivity contribution in [3.63, 3.8) is 0 Å². The molecule has 3 heterocycles. The summed E-state index contributed by atoms with van der Waals surface area (Å²) in [4.78, 5) is 18.1. The summed E-state index contributed by atoms with van der Waals surface area (Å²) >= 11 is 0. The Bertz CT molecular complexity index is 1470. The van der Waals surface area contributed by atoms with Gasteiger partial charge in [0.2, 0.25) is 6.79 Å². The highest BCUT2D eigenvalue weighted by molar-refractivity contribution is 7.48. The summed E-state index contributed by atoms with van der Waals surface area (Å²) < 4.78 is 48.1. The second-order valence-corrected chi connectivity index (χ2v) is 12.2. The lowest BCUT2D eigenvalue weighted by Crippen LogP contribution is -2.21. The van der Waals surface area contributed by atoms with Crippen LogP contribution in [-0.4, -0.2) is 92.1 Å². The molecule has 2 aromatic rings. The van der Waals surface area contributed by atoms with Gasteiger partial charge in [0.25, 0.3) is 0 Å². The van der Waals surface area contributed by atoms with Crippen molar-refractivity contribution >= 4 is 24.7 Å². The van der Waals surface area contributed by atoms with Crippen molar-refractivity contribution in [1.29, 1.82) is 0 Å². The Kier molecular flexibility index (Phi) is 11.8. The molecule has 1 N–H and O–H groups in total. The van der Waals surface area contributed by atoms with E-state index in [1.807, 2.05) is 70.1 Å². The number of fused-ring (bicyclic) bond motifs is 1. The molecule has 0 bridgehead atoms. The van der Waals surface area contributed by atoms with E-state index in [1.54, 1.807) is 40.9 Å². The van der Waals surface area contributed by atoms with E-state index < -0.39 is 33.7 Å². The Morgan fingerprint density at radius 2 is 1.77 bits per heavy atom. The third-order valence-electron chi connectivity index (χ3n) is 6.87. The van der Waals surface area contributed by atoms with Crippen LogP contribution in [0.4, 0.5) is 0 Å². The van der Waals surface area contributed by atoms with Gasteiger partial charge in [0, 0.05) is 62.7 Å². The predicted octanol–water partition coefficient (Wildman–Crippen LogP) is 4.13. The van der Waals surface area contributed by atoms with Crippen molar-refractivity contribution in [3.8, 4) is 5.75 Å². The van der Waals surface area contributed by atoms with E-state index in [4.69, 9.17) is 27.8 Å². The molecule has 0 aliphatic carbocycles. The normalized spacial score (nSPS) is 17.1. The van der Waals surface area contributed by atoms with Crippen molar-refractivity contribution in [3.05, 3.63) is 78.1 Å². The van der Waals surface area contributed by atoms with Crippen LogP contribution >= 0.6 is 7.82 Å². The number of aromatic nitrogens is 1. The lowest BCUT2D eigenvalue weighted by atomic mass is 10.1. The number of aliphatic hydroxyl groups is 1. The van der Waals surface area contributed by atoms with Crippen LogP contribution in [0.25, 0.3) is 10.9 Å². The van der Waals surface area contributed by atoms with E-state index >= 15 is 0 Å². The van der Waals surface area contributed by atoms with Crippen LogP contribution in [0.5, 0.6) is 5.75 Å². The van der Waals surface area contributed by atoms with Crippen LogP contribution < -0.4 is 4.74 Å². The minimum absolute atomic E-state index is 0.221. The number of carbonyl (C=O) groups excluding carboxylic acids is 1. The largest absolute Gasteiger partial charge is 0.497 e. The Hall–Kier alpha value is -3.42. The minimum Gasteiger partial charge on any atom is -0.497 e. The van der Waals surface area contributed by atoms with E-state index in [2.05, 4.69) is 4.90 Å². The fraction of sp³-hybridized carbons (Fsp3) is 0.433.